The van der Waals surface area contributed by atoms with Gasteiger partial charge in [-0.3, -0.25) is 9.59 Å². The molecule has 0 aliphatic rings. The number of hydrogen-bond acceptors (Lipinski definition) is 7. The lowest BCUT2D eigenvalue weighted by atomic mass is 10.2. The number of hydrogen-bond donors (Lipinski definition) is 5. The molecule has 0 fully saturated rings. The van der Waals surface area contributed by atoms with E-state index in [0.717, 1.165) is 0 Å². The summed E-state index contributed by atoms with van der Waals surface area (Å²) in [6.45, 7) is -0.575. The van der Waals surface area contributed by atoms with Crippen molar-refractivity contribution in [1.29, 1.82) is 0 Å². The van der Waals surface area contributed by atoms with Crippen molar-refractivity contribution in [3.05, 3.63) is 11.8 Å². The molecule has 1 heterocycles. The molecule has 7 N–H and O–H groups in total. The number of primary amides is 1. The molecule has 0 aromatic carbocycles. The molecule has 0 saturated heterocycles. The molecule has 1 rings (SSSR count). The zero-order chi connectivity index (χ0) is 15.1. The van der Waals surface area contributed by atoms with Gasteiger partial charge in [-0.15, -0.1) is 10.2 Å². The molecular weight excluding hydrogens is 272 g/mol. The molecule has 1 unspecified atom stereocenters. The Morgan fingerprint density at radius 2 is 2.05 bits per heavy atom. The molecule has 0 bridgehead atoms. The van der Waals surface area contributed by atoms with Crippen LogP contribution in [0.2, 0.25) is 0 Å². The zero-order valence-corrected chi connectivity index (χ0v) is 10.3. The van der Waals surface area contributed by atoms with Gasteiger partial charge in [-0.25, -0.2) is 4.79 Å². The van der Waals surface area contributed by atoms with Crippen molar-refractivity contribution in [2.24, 2.45) is 11.5 Å². The molecular formula is C9H14N6O5. The summed E-state index contributed by atoms with van der Waals surface area (Å²) < 4.78 is 5.11. The lowest BCUT2D eigenvalue weighted by Crippen LogP contribution is -2.41. The summed E-state index contributed by atoms with van der Waals surface area (Å²) in [6, 6.07) is -1.78. The molecule has 11 heteroatoms. The van der Waals surface area contributed by atoms with Crippen LogP contribution >= 0.6 is 0 Å². The van der Waals surface area contributed by atoms with E-state index in [4.69, 9.17) is 21.0 Å². The number of urea groups is 1. The van der Waals surface area contributed by atoms with E-state index in [1.165, 1.54) is 0 Å². The van der Waals surface area contributed by atoms with Gasteiger partial charge in [0.05, 0.1) is 13.0 Å². The van der Waals surface area contributed by atoms with E-state index in [9.17, 15) is 14.4 Å². The molecule has 0 spiro atoms. The number of rotatable bonds is 7. The van der Waals surface area contributed by atoms with E-state index in [1.807, 2.05) is 0 Å². The third-order valence-electron chi connectivity index (χ3n) is 2.07. The van der Waals surface area contributed by atoms with Crippen LogP contribution in [-0.4, -0.2) is 39.8 Å². The van der Waals surface area contributed by atoms with Crippen molar-refractivity contribution >= 4 is 17.9 Å². The average molecular weight is 286 g/mol. The lowest BCUT2D eigenvalue weighted by Gasteiger charge is -2.13. The first-order valence-electron chi connectivity index (χ1n) is 5.49. The predicted octanol–water partition coefficient (Wildman–Crippen LogP) is -2.17. The maximum atomic E-state index is 11.4. The highest BCUT2D eigenvalue weighted by Crippen LogP contribution is 2.14. The van der Waals surface area contributed by atoms with E-state index in [2.05, 4.69) is 20.8 Å². The third kappa shape index (κ3) is 4.89. The van der Waals surface area contributed by atoms with E-state index in [1.54, 1.807) is 0 Å². The standard InChI is InChI=1S/C9H14N6O5/c10-2-6-14-15-8(20-6)4(1-5(11)16)13-9(19)12-3-7(17)18/h4H,1-3,10H2,(H2,11,16)(H,17,18)(H2,12,13,19). The molecule has 0 aliphatic carbocycles. The van der Waals surface area contributed by atoms with Gasteiger partial charge in [0, 0.05) is 0 Å². The molecule has 11 nitrogen and oxygen atoms in total. The predicted molar refractivity (Wildman–Crippen MR) is 62.9 cm³/mol. The third-order valence-corrected chi connectivity index (χ3v) is 2.07. The molecule has 20 heavy (non-hydrogen) atoms. The minimum Gasteiger partial charge on any atom is -0.480 e. The Morgan fingerprint density at radius 3 is 2.55 bits per heavy atom. The van der Waals surface area contributed by atoms with Gasteiger partial charge in [0.2, 0.25) is 17.7 Å². The second kappa shape index (κ2) is 7.04. The SMILES string of the molecule is NCc1nnc(C(CC(N)=O)NC(=O)NCC(=O)O)o1. The van der Waals surface area contributed by atoms with Crippen molar-refractivity contribution in [3.63, 3.8) is 0 Å². The summed E-state index contributed by atoms with van der Waals surface area (Å²) in [5.74, 6) is -1.84. The van der Waals surface area contributed by atoms with Crippen LogP contribution in [0, 0.1) is 0 Å². The number of nitrogens with zero attached hydrogens (tertiary/aromatic N) is 2. The van der Waals surface area contributed by atoms with Gasteiger partial charge in [0.1, 0.15) is 12.6 Å². The van der Waals surface area contributed by atoms with Crippen molar-refractivity contribution in [2.45, 2.75) is 19.0 Å². The molecule has 1 aromatic rings. The van der Waals surface area contributed by atoms with Crippen molar-refractivity contribution in [3.8, 4) is 0 Å². The van der Waals surface area contributed by atoms with Crippen LogP contribution < -0.4 is 22.1 Å². The van der Waals surface area contributed by atoms with Gasteiger partial charge in [-0.2, -0.15) is 0 Å². The van der Waals surface area contributed by atoms with E-state index >= 15 is 0 Å². The summed E-state index contributed by atoms with van der Waals surface area (Å²) in [7, 11) is 0. The highest BCUT2D eigenvalue weighted by atomic mass is 16.4. The van der Waals surface area contributed by atoms with Crippen LogP contribution in [0.1, 0.15) is 24.2 Å². The van der Waals surface area contributed by atoms with Gasteiger partial charge in [0.25, 0.3) is 0 Å². The Balaban J connectivity index is 2.71. The number of carboxylic acids is 1. The summed E-state index contributed by atoms with van der Waals surface area (Å²) >= 11 is 0. The number of nitrogens with two attached hydrogens (primary N) is 2. The minimum atomic E-state index is -1.21. The number of carboxylic acid groups (broad SMARTS) is 1. The molecule has 0 radical (unpaired) electrons. The average Bonchev–Trinajstić information content (AvgIpc) is 2.83. The van der Waals surface area contributed by atoms with Crippen molar-refractivity contribution in [2.75, 3.05) is 6.54 Å². The number of aliphatic carboxylic acids is 1. The van der Waals surface area contributed by atoms with Crippen LogP contribution in [0.4, 0.5) is 4.79 Å². The van der Waals surface area contributed by atoms with E-state index in [-0.39, 0.29) is 24.7 Å². The van der Waals surface area contributed by atoms with Gasteiger partial charge in [0.15, 0.2) is 0 Å². The Hall–Kier alpha value is -2.69. The fourth-order valence-corrected chi connectivity index (χ4v) is 1.26. The van der Waals surface area contributed by atoms with Crippen LogP contribution in [0.3, 0.4) is 0 Å². The quantitative estimate of drug-likeness (QED) is 0.374. The summed E-state index contributed by atoms with van der Waals surface area (Å²) in [6.07, 6.45) is -0.285. The number of amides is 3. The second-order valence-electron chi connectivity index (χ2n) is 3.68. The first-order valence-corrected chi connectivity index (χ1v) is 5.49. The number of nitrogens with one attached hydrogen (secondary N) is 2. The number of carbonyl (C=O) groups excluding carboxylic acids is 2. The molecule has 0 saturated carbocycles. The van der Waals surface area contributed by atoms with Crippen LogP contribution in [0.15, 0.2) is 4.42 Å². The highest BCUT2D eigenvalue weighted by molar-refractivity contribution is 5.81. The van der Waals surface area contributed by atoms with Gasteiger partial charge in [-0.1, -0.05) is 0 Å². The Labute approximate surface area is 112 Å². The summed E-state index contributed by atoms with van der Waals surface area (Å²) in [4.78, 5) is 32.7. The fourth-order valence-electron chi connectivity index (χ4n) is 1.26. The smallest absolute Gasteiger partial charge is 0.323 e. The van der Waals surface area contributed by atoms with Gasteiger partial charge >= 0.3 is 12.0 Å². The second-order valence-corrected chi connectivity index (χ2v) is 3.68. The molecule has 0 aliphatic heterocycles. The topological polar surface area (TPSA) is 186 Å². The maximum Gasteiger partial charge on any atom is 0.323 e. The van der Waals surface area contributed by atoms with Crippen LogP contribution in [0.25, 0.3) is 0 Å². The molecule has 1 aromatic heterocycles. The first-order chi connectivity index (χ1) is 9.42. The molecule has 1 atom stereocenters. The molecule has 110 valence electrons. The van der Waals surface area contributed by atoms with Crippen LogP contribution in [0.5, 0.6) is 0 Å². The fraction of sp³-hybridized carbons (Fsp3) is 0.444. The summed E-state index contributed by atoms with van der Waals surface area (Å²) in [5, 5.41) is 20.0. The zero-order valence-electron chi connectivity index (χ0n) is 10.3. The lowest BCUT2D eigenvalue weighted by molar-refractivity contribution is -0.135. The van der Waals surface area contributed by atoms with Gasteiger partial charge < -0.3 is 31.6 Å². The minimum absolute atomic E-state index is 0.00149. The monoisotopic (exact) mass is 286 g/mol. The highest BCUT2D eigenvalue weighted by Gasteiger charge is 2.23. The Morgan fingerprint density at radius 1 is 1.35 bits per heavy atom. The van der Waals surface area contributed by atoms with Gasteiger partial charge in [-0.05, 0) is 0 Å². The molecule has 3 amide bonds. The first kappa shape index (κ1) is 15.4. The Bertz CT molecular complexity index is 501. The largest absolute Gasteiger partial charge is 0.480 e. The normalized spacial score (nSPS) is 11.7. The van der Waals surface area contributed by atoms with Crippen molar-refractivity contribution in [1.82, 2.24) is 20.8 Å². The van der Waals surface area contributed by atoms with E-state index < -0.39 is 30.5 Å². The number of aromatic nitrogens is 2. The van der Waals surface area contributed by atoms with E-state index in [0.29, 0.717) is 0 Å². The maximum absolute atomic E-state index is 11.4. The number of carbonyl (C=O) groups is 3. The Kier molecular flexibility index (Phi) is 5.41. The van der Waals surface area contributed by atoms with Crippen molar-refractivity contribution < 1.29 is 23.9 Å². The summed E-state index contributed by atoms with van der Waals surface area (Å²) in [5.41, 5.74) is 10.3. The van der Waals surface area contributed by atoms with Crippen LogP contribution in [-0.2, 0) is 16.1 Å².